The van der Waals surface area contributed by atoms with E-state index in [9.17, 15) is 4.79 Å². The molecule has 0 spiro atoms. The van der Waals surface area contributed by atoms with Crippen molar-refractivity contribution in [2.24, 2.45) is 0 Å². The van der Waals surface area contributed by atoms with Gasteiger partial charge in [0.25, 0.3) is 0 Å². The number of likely N-dealkylation sites (N-methyl/N-ethyl adjacent to an activating group) is 1. The van der Waals surface area contributed by atoms with E-state index in [1.165, 1.54) is 25.1 Å². The minimum Gasteiger partial charge on any atom is -0.355 e. The van der Waals surface area contributed by atoms with Crippen LogP contribution >= 0.6 is 11.6 Å². The first-order valence-corrected chi connectivity index (χ1v) is 8.64. The highest BCUT2D eigenvalue weighted by atomic mass is 35.5. The van der Waals surface area contributed by atoms with Gasteiger partial charge < -0.3 is 14.8 Å². The standard InChI is InChI=1S/C18H24ClN3O/c1-13(23)20-8-10-22-17-7-3-6-16(19)15(17)11-18(22)14-5-4-9-21(2)12-14/h3,6-7,11,14H,4-5,8-10,12H2,1-2H3,(H,20,23). The van der Waals surface area contributed by atoms with Crippen molar-refractivity contribution in [2.75, 3.05) is 26.7 Å². The summed E-state index contributed by atoms with van der Waals surface area (Å²) in [7, 11) is 2.18. The average molecular weight is 334 g/mol. The van der Waals surface area contributed by atoms with Crippen molar-refractivity contribution in [3.05, 3.63) is 35.0 Å². The molecule has 2 heterocycles. The van der Waals surface area contributed by atoms with Crippen LogP contribution in [-0.4, -0.2) is 42.1 Å². The number of fused-ring (bicyclic) bond motifs is 1. The lowest BCUT2D eigenvalue weighted by Gasteiger charge is -2.30. The Morgan fingerprint density at radius 1 is 1.43 bits per heavy atom. The Morgan fingerprint density at radius 3 is 3.00 bits per heavy atom. The van der Waals surface area contributed by atoms with Crippen LogP contribution in [0, 0.1) is 0 Å². The van der Waals surface area contributed by atoms with Crippen molar-refractivity contribution in [1.29, 1.82) is 0 Å². The largest absolute Gasteiger partial charge is 0.355 e. The Labute approximate surface area is 142 Å². The number of hydrogen-bond acceptors (Lipinski definition) is 2. The van der Waals surface area contributed by atoms with E-state index < -0.39 is 0 Å². The van der Waals surface area contributed by atoms with Gasteiger partial charge in [-0.05, 0) is 44.6 Å². The maximum atomic E-state index is 11.2. The number of carbonyl (C=O) groups is 1. The zero-order chi connectivity index (χ0) is 16.4. The lowest BCUT2D eigenvalue weighted by atomic mass is 9.95. The Balaban J connectivity index is 1.97. The van der Waals surface area contributed by atoms with Crippen LogP contribution in [0.3, 0.4) is 0 Å². The Hall–Kier alpha value is -1.52. The minimum atomic E-state index is 0.0124. The van der Waals surface area contributed by atoms with E-state index in [1.54, 1.807) is 6.92 Å². The molecule has 124 valence electrons. The minimum absolute atomic E-state index is 0.0124. The first kappa shape index (κ1) is 16.3. The molecular formula is C18H24ClN3O. The topological polar surface area (TPSA) is 37.3 Å². The van der Waals surface area contributed by atoms with Crippen LogP contribution in [0.25, 0.3) is 10.9 Å². The van der Waals surface area contributed by atoms with Gasteiger partial charge >= 0.3 is 0 Å². The lowest BCUT2D eigenvalue weighted by molar-refractivity contribution is -0.118. The second-order valence-electron chi connectivity index (χ2n) is 6.48. The second-order valence-corrected chi connectivity index (χ2v) is 6.89. The van der Waals surface area contributed by atoms with Crippen molar-refractivity contribution < 1.29 is 4.79 Å². The van der Waals surface area contributed by atoms with E-state index in [1.807, 2.05) is 12.1 Å². The van der Waals surface area contributed by atoms with Gasteiger partial charge in [0.2, 0.25) is 5.91 Å². The number of hydrogen-bond donors (Lipinski definition) is 1. The number of amides is 1. The van der Waals surface area contributed by atoms with Gasteiger partial charge in [0.05, 0.1) is 0 Å². The van der Waals surface area contributed by atoms with Crippen molar-refractivity contribution in [3.63, 3.8) is 0 Å². The van der Waals surface area contributed by atoms with Crippen LogP contribution in [0.1, 0.15) is 31.4 Å². The Morgan fingerprint density at radius 2 is 2.26 bits per heavy atom. The molecule has 1 N–H and O–H groups in total. The second kappa shape index (κ2) is 6.93. The molecule has 0 radical (unpaired) electrons. The molecule has 0 saturated carbocycles. The van der Waals surface area contributed by atoms with Crippen LogP contribution in [0.2, 0.25) is 5.02 Å². The van der Waals surface area contributed by atoms with Crippen LogP contribution in [0.15, 0.2) is 24.3 Å². The summed E-state index contributed by atoms with van der Waals surface area (Å²) in [4.78, 5) is 13.6. The smallest absolute Gasteiger partial charge is 0.216 e. The summed E-state index contributed by atoms with van der Waals surface area (Å²) >= 11 is 6.40. The van der Waals surface area contributed by atoms with Gasteiger partial charge in [0, 0.05) is 54.1 Å². The van der Waals surface area contributed by atoms with E-state index in [0.717, 1.165) is 29.0 Å². The molecule has 1 saturated heterocycles. The predicted octanol–water partition coefficient (Wildman–Crippen LogP) is 3.24. The number of rotatable bonds is 4. The molecule has 5 heteroatoms. The molecule has 1 atom stereocenters. The summed E-state index contributed by atoms with van der Waals surface area (Å²) in [6, 6.07) is 8.30. The Kier molecular flexibility index (Phi) is 4.93. The van der Waals surface area contributed by atoms with Gasteiger partial charge in [-0.2, -0.15) is 0 Å². The number of piperidine rings is 1. The molecule has 1 fully saturated rings. The average Bonchev–Trinajstić information content (AvgIpc) is 2.87. The molecule has 1 unspecified atom stereocenters. The highest BCUT2D eigenvalue weighted by molar-refractivity contribution is 6.35. The van der Waals surface area contributed by atoms with Crippen molar-refractivity contribution >= 4 is 28.4 Å². The van der Waals surface area contributed by atoms with Crippen molar-refractivity contribution in [2.45, 2.75) is 32.2 Å². The fourth-order valence-corrected chi connectivity index (χ4v) is 3.83. The number of carbonyl (C=O) groups excluding carboxylic acids is 1. The monoisotopic (exact) mass is 333 g/mol. The first-order chi connectivity index (χ1) is 11.1. The fourth-order valence-electron chi connectivity index (χ4n) is 3.61. The molecule has 23 heavy (non-hydrogen) atoms. The summed E-state index contributed by atoms with van der Waals surface area (Å²) < 4.78 is 2.33. The summed E-state index contributed by atoms with van der Waals surface area (Å²) in [5.41, 5.74) is 2.50. The van der Waals surface area contributed by atoms with E-state index in [4.69, 9.17) is 11.6 Å². The maximum absolute atomic E-state index is 11.2. The molecular weight excluding hydrogens is 310 g/mol. The molecule has 2 aromatic rings. The number of nitrogens with one attached hydrogen (secondary N) is 1. The highest BCUT2D eigenvalue weighted by Gasteiger charge is 2.23. The van der Waals surface area contributed by atoms with Crippen LogP contribution in [0.4, 0.5) is 0 Å². The third-order valence-corrected chi connectivity index (χ3v) is 5.01. The zero-order valence-electron chi connectivity index (χ0n) is 13.8. The predicted molar refractivity (Wildman–Crippen MR) is 95.1 cm³/mol. The molecule has 1 aliphatic rings. The van der Waals surface area contributed by atoms with Crippen molar-refractivity contribution in [3.8, 4) is 0 Å². The summed E-state index contributed by atoms with van der Waals surface area (Å²) in [5, 5.41) is 4.81. The molecule has 1 aromatic heterocycles. The van der Waals surface area contributed by atoms with E-state index >= 15 is 0 Å². The zero-order valence-corrected chi connectivity index (χ0v) is 14.6. The van der Waals surface area contributed by atoms with Crippen LogP contribution < -0.4 is 5.32 Å². The SMILES string of the molecule is CC(=O)NCCn1c(C2CCCN(C)C2)cc2c(Cl)cccc21. The third-order valence-electron chi connectivity index (χ3n) is 4.68. The number of likely N-dealkylation sites (tertiary alicyclic amines) is 1. The first-order valence-electron chi connectivity index (χ1n) is 8.27. The van der Waals surface area contributed by atoms with Crippen molar-refractivity contribution in [1.82, 2.24) is 14.8 Å². The summed E-state index contributed by atoms with van der Waals surface area (Å²) in [5.74, 6) is 0.535. The fraction of sp³-hybridized carbons (Fsp3) is 0.500. The molecule has 0 bridgehead atoms. The maximum Gasteiger partial charge on any atom is 0.216 e. The van der Waals surface area contributed by atoms with Crippen LogP contribution in [-0.2, 0) is 11.3 Å². The molecule has 3 rings (SSSR count). The molecule has 0 aliphatic carbocycles. The quantitative estimate of drug-likeness (QED) is 0.932. The van der Waals surface area contributed by atoms with Gasteiger partial charge in [-0.25, -0.2) is 0 Å². The van der Waals surface area contributed by atoms with E-state index in [0.29, 0.717) is 12.5 Å². The summed E-state index contributed by atoms with van der Waals surface area (Å²) in [6.07, 6.45) is 2.43. The van der Waals surface area contributed by atoms with Gasteiger partial charge in [0.1, 0.15) is 0 Å². The number of benzene rings is 1. The molecule has 1 aromatic carbocycles. The van der Waals surface area contributed by atoms with E-state index in [-0.39, 0.29) is 5.91 Å². The highest BCUT2D eigenvalue weighted by Crippen LogP contribution is 2.34. The number of aromatic nitrogens is 1. The molecule has 1 aliphatic heterocycles. The summed E-state index contributed by atoms with van der Waals surface area (Å²) in [6.45, 7) is 5.22. The van der Waals surface area contributed by atoms with Crippen LogP contribution in [0.5, 0.6) is 0 Å². The van der Waals surface area contributed by atoms with Gasteiger partial charge in [-0.15, -0.1) is 0 Å². The van der Waals surface area contributed by atoms with Gasteiger partial charge in [0.15, 0.2) is 0 Å². The number of halogens is 1. The van der Waals surface area contributed by atoms with Gasteiger partial charge in [-0.1, -0.05) is 17.7 Å². The molecule has 4 nitrogen and oxygen atoms in total. The van der Waals surface area contributed by atoms with Gasteiger partial charge in [-0.3, -0.25) is 4.79 Å². The normalized spacial score (nSPS) is 19.2. The molecule has 1 amide bonds. The Bertz CT molecular complexity index is 710. The lowest BCUT2D eigenvalue weighted by Crippen LogP contribution is -2.32. The van der Waals surface area contributed by atoms with E-state index in [2.05, 4.69) is 34.0 Å². The number of nitrogens with zero attached hydrogens (tertiary/aromatic N) is 2. The third kappa shape index (κ3) is 3.54.